The predicted molar refractivity (Wildman–Crippen MR) is 37.8 cm³/mol. The normalized spacial score (nSPS) is 13.4. The van der Waals surface area contributed by atoms with Gasteiger partial charge < -0.3 is 0 Å². The van der Waals surface area contributed by atoms with E-state index < -0.39 is 0 Å². The SMILES string of the molecule is C=CC(CC)CBr. The van der Waals surface area contributed by atoms with Gasteiger partial charge in [0.05, 0.1) is 0 Å². The van der Waals surface area contributed by atoms with Crippen molar-refractivity contribution in [3.63, 3.8) is 0 Å². The van der Waals surface area contributed by atoms with E-state index in [1.807, 2.05) is 6.08 Å². The third-order valence-electron chi connectivity index (χ3n) is 1.06. The summed E-state index contributed by atoms with van der Waals surface area (Å²) in [6.45, 7) is 5.83. The van der Waals surface area contributed by atoms with Gasteiger partial charge in [-0.2, -0.15) is 0 Å². The van der Waals surface area contributed by atoms with E-state index in [4.69, 9.17) is 0 Å². The van der Waals surface area contributed by atoms with Crippen molar-refractivity contribution in [1.29, 1.82) is 0 Å². The van der Waals surface area contributed by atoms with Crippen LogP contribution in [0.25, 0.3) is 0 Å². The van der Waals surface area contributed by atoms with Gasteiger partial charge >= 0.3 is 0 Å². The molecule has 0 saturated carbocycles. The highest BCUT2D eigenvalue weighted by molar-refractivity contribution is 9.09. The second-order valence-corrected chi connectivity index (χ2v) is 2.21. The first-order valence-corrected chi connectivity index (χ1v) is 3.65. The number of halogens is 1. The van der Waals surface area contributed by atoms with Crippen molar-refractivity contribution < 1.29 is 0 Å². The molecule has 0 aromatic rings. The van der Waals surface area contributed by atoms with Crippen LogP contribution in [0.5, 0.6) is 0 Å². The average molecular weight is 163 g/mol. The topological polar surface area (TPSA) is 0 Å². The molecular weight excluding hydrogens is 152 g/mol. The van der Waals surface area contributed by atoms with Gasteiger partial charge in [-0.15, -0.1) is 6.58 Å². The maximum absolute atomic E-state index is 3.67. The zero-order valence-electron chi connectivity index (χ0n) is 4.65. The quantitative estimate of drug-likeness (QED) is 0.443. The maximum Gasteiger partial charge on any atom is 0.00941 e. The van der Waals surface area contributed by atoms with Gasteiger partial charge in [-0.05, 0) is 12.3 Å². The fourth-order valence-corrected chi connectivity index (χ4v) is 1.06. The van der Waals surface area contributed by atoms with Crippen molar-refractivity contribution in [3.8, 4) is 0 Å². The van der Waals surface area contributed by atoms with Crippen LogP contribution in [0.15, 0.2) is 12.7 Å². The molecule has 0 aliphatic heterocycles. The Balaban J connectivity index is 3.16. The Labute approximate surface area is 53.7 Å². The van der Waals surface area contributed by atoms with E-state index in [2.05, 4.69) is 29.4 Å². The average Bonchev–Trinajstić information content (AvgIpc) is 1.72. The van der Waals surface area contributed by atoms with Crippen LogP contribution in [-0.2, 0) is 0 Å². The van der Waals surface area contributed by atoms with Gasteiger partial charge in [0.2, 0.25) is 0 Å². The van der Waals surface area contributed by atoms with Gasteiger partial charge in [0.15, 0.2) is 0 Å². The van der Waals surface area contributed by atoms with Crippen molar-refractivity contribution >= 4 is 15.9 Å². The van der Waals surface area contributed by atoms with Crippen LogP contribution < -0.4 is 0 Å². The van der Waals surface area contributed by atoms with Crippen LogP contribution in [0.3, 0.4) is 0 Å². The fourth-order valence-electron chi connectivity index (χ4n) is 0.339. The Morgan fingerprint density at radius 2 is 2.43 bits per heavy atom. The van der Waals surface area contributed by atoms with E-state index in [1.54, 1.807) is 0 Å². The molecule has 0 N–H and O–H groups in total. The lowest BCUT2D eigenvalue weighted by Gasteiger charge is -2.00. The van der Waals surface area contributed by atoms with Gasteiger partial charge in [-0.25, -0.2) is 0 Å². The fraction of sp³-hybridized carbons (Fsp3) is 0.667. The van der Waals surface area contributed by atoms with E-state index in [-0.39, 0.29) is 0 Å². The van der Waals surface area contributed by atoms with Crippen LogP contribution in [0, 0.1) is 5.92 Å². The van der Waals surface area contributed by atoms with Crippen molar-refractivity contribution in [2.24, 2.45) is 5.92 Å². The lowest BCUT2D eigenvalue weighted by molar-refractivity contribution is 0.716. The van der Waals surface area contributed by atoms with Crippen LogP contribution in [0.1, 0.15) is 13.3 Å². The molecule has 0 aliphatic carbocycles. The number of hydrogen-bond donors (Lipinski definition) is 0. The van der Waals surface area contributed by atoms with E-state index in [1.165, 1.54) is 6.42 Å². The Hall–Kier alpha value is 0.220. The molecule has 0 rings (SSSR count). The molecular formula is C6H11Br. The number of alkyl halides is 1. The minimum atomic E-state index is 0.667. The first-order chi connectivity index (χ1) is 3.35. The summed E-state index contributed by atoms with van der Waals surface area (Å²) in [7, 11) is 0. The van der Waals surface area contributed by atoms with Crippen molar-refractivity contribution in [2.45, 2.75) is 13.3 Å². The molecule has 0 spiro atoms. The molecule has 0 radical (unpaired) electrons. The largest absolute Gasteiger partial charge is 0.103 e. The third-order valence-corrected chi connectivity index (χ3v) is 1.89. The molecule has 0 aliphatic rings. The third kappa shape index (κ3) is 2.86. The predicted octanol–water partition coefficient (Wildman–Crippen LogP) is 2.59. The molecule has 1 atom stereocenters. The van der Waals surface area contributed by atoms with Gasteiger partial charge in [0, 0.05) is 5.33 Å². The molecule has 7 heavy (non-hydrogen) atoms. The van der Waals surface area contributed by atoms with Gasteiger partial charge in [0.1, 0.15) is 0 Å². The van der Waals surface area contributed by atoms with E-state index in [0.29, 0.717) is 5.92 Å². The highest BCUT2D eigenvalue weighted by Gasteiger charge is 1.93. The van der Waals surface area contributed by atoms with Gasteiger partial charge in [-0.3, -0.25) is 0 Å². The van der Waals surface area contributed by atoms with Crippen LogP contribution in [0.4, 0.5) is 0 Å². The van der Waals surface area contributed by atoms with Crippen molar-refractivity contribution in [1.82, 2.24) is 0 Å². The van der Waals surface area contributed by atoms with Crippen LogP contribution in [-0.4, -0.2) is 5.33 Å². The molecule has 0 fully saturated rings. The molecule has 1 heteroatoms. The zero-order chi connectivity index (χ0) is 5.70. The second kappa shape index (κ2) is 4.38. The summed E-state index contributed by atoms with van der Waals surface area (Å²) in [5.74, 6) is 0.667. The molecule has 0 amide bonds. The van der Waals surface area contributed by atoms with Crippen molar-refractivity contribution in [2.75, 3.05) is 5.33 Å². The monoisotopic (exact) mass is 162 g/mol. The lowest BCUT2D eigenvalue weighted by atomic mass is 10.1. The van der Waals surface area contributed by atoms with E-state index in [9.17, 15) is 0 Å². The van der Waals surface area contributed by atoms with Crippen LogP contribution in [0.2, 0.25) is 0 Å². The highest BCUT2D eigenvalue weighted by Crippen LogP contribution is 2.05. The number of hydrogen-bond acceptors (Lipinski definition) is 0. The van der Waals surface area contributed by atoms with Gasteiger partial charge in [-0.1, -0.05) is 28.9 Å². The molecule has 0 heterocycles. The summed E-state index contributed by atoms with van der Waals surface area (Å²) in [5.41, 5.74) is 0. The highest BCUT2D eigenvalue weighted by atomic mass is 79.9. The number of rotatable bonds is 3. The van der Waals surface area contributed by atoms with Crippen LogP contribution >= 0.6 is 15.9 Å². The van der Waals surface area contributed by atoms with Crippen molar-refractivity contribution in [3.05, 3.63) is 12.7 Å². The Morgan fingerprint density at radius 3 is 2.43 bits per heavy atom. The molecule has 0 bridgehead atoms. The molecule has 1 unspecified atom stereocenters. The summed E-state index contributed by atoms with van der Waals surface area (Å²) in [5, 5.41) is 1.05. The second-order valence-electron chi connectivity index (χ2n) is 1.56. The van der Waals surface area contributed by atoms with Gasteiger partial charge in [0.25, 0.3) is 0 Å². The van der Waals surface area contributed by atoms with E-state index >= 15 is 0 Å². The molecule has 0 aromatic heterocycles. The zero-order valence-corrected chi connectivity index (χ0v) is 6.24. The lowest BCUT2D eigenvalue weighted by Crippen LogP contribution is -1.92. The summed E-state index contributed by atoms with van der Waals surface area (Å²) < 4.78 is 0. The Kier molecular flexibility index (Phi) is 4.52. The number of allylic oxidation sites excluding steroid dienone is 1. The smallest absolute Gasteiger partial charge is 0.00941 e. The van der Waals surface area contributed by atoms with E-state index in [0.717, 1.165) is 5.33 Å². The Bertz CT molecular complexity index is 46.1. The summed E-state index contributed by atoms with van der Waals surface area (Å²) in [6.07, 6.45) is 3.17. The molecule has 0 saturated heterocycles. The minimum absolute atomic E-state index is 0.667. The Morgan fingerprint density at radius 1 is 1.86 bits per heavy atom. The molecule has 0 nitrogen and oxygen atoms in total. The minimum Gasteiger partial charge on any atom is -0.103 e. The molecule has 0 aromatic carbocycles. The molecule has 42 valence electrons. The standard InChI is InChI=1S/C6H11Br/c1-3-6(4-2)5-7/h3,6H,1,4-5H2,2H3. The maximum atomic E-state index is 3.67. The first kappa shape index (κ1) is 7.22. The summed E-state index contributed by atoms with van der Waals surface area (Å²) in [6, 6.07) is 0. The first-order valence-electron chi connectivity index (χ1n) is 2.53. The summed E-state index contributed by atoms with van der Waals surface area (Å²) >= 11 is 3.36. The summed E-state index contributed by atoms with van der Waals surface area (Å²) in [4.78, 5) is 0.